The molecule has 0 unspecified atom stereocenters. The Morgan fingerprint density at radius 1 is 1.22 bits per heavy atom. The van der Waals surface area contributed by atoms with Crippen LogP contribution in [0.1, 0.15) is 24.8 Å². The molecule has 1 aromatic carbocycles. The Labute approximate surface area is 135 Å². The van der Waals surface area contributed by atoms with Gasteiger partial charge in [-0.25, -0.2) is 0 Å². The van der Waals surface area contributed by atoms with Crippen LogP contribution in [0.15, 0.2) is 29.3 Å². The van der Waals surface area contributed by atoms with Crippen LogP contribution in [-0.2, 0) is 6.54 Å². The number of methoxy groups -OCH3 is 1. The first-order chi connectivity index (χ1) is 10.9. The fourth-order valence-corrected chi connectivity index (χ4v) is 2.12. The van der Waals surface area contributed by atoms with Crippen LogP contribution in [0.3, 0.4) is 0 Å². The topological polar surface area (TPSA) is 36.9 Å². The van der Waals surface area contributed by atoms with Crippen LogP contribution in [0.4, 0.5) is 13.2 Å². The van der Waals surface area contributed by atoms with Crippen LogP contribution in [-0.4, -0.2) is 44.8 Å². The lowest BCUT2D eigenvalue weighted by molar-refractivity contribution is -0.135. The summed E-state index contributed by atoms with van der Waals surface area (Å²) in [4.78, 5) is 6.07. The van der Waals surface area contributed by atoms with E-state index in [9.17, 15) is 13.2 Å². The first-order valence-electron chi connectivity index (χ1n) is 7.47. The zero-order valence-corrected chi connectivity index (χ0v) is 13.8. The lowest BCUT2D eigenvalue weighted by Gasteiger charge is -2.22. The molecule has 0 saturated carbocycles. The molecule has 0 spiro atoms. The molecule has 0 bridgehead atoms. The molecule has 0 atom stereocenters. The summed E-state index contributed by atoms with van der Waals surface area (Å²) >= 11 is 0. The summed E-state index contributed by atoms with van der Waals surface area (Å²) < 4.78 is 41.3. The fraction of sp³-hybridized carbons (Fsp3) is 0.562. The van der Waals surface area contributed by atoms with Gasteiger partial charge in [-0.3, -0.25) is 4.99 Å². The van der Waals surface area contributed by atoms with Gasteiger partial charge in [-0.1, -0.05) is 12.1 Å². The largest absolute Gasteiger partial charge is 0.497 e. The molecule has 23 heavy (non-hydrogen) atoms. The lowest BCUT2D eigenvalue weighted by atomic mass is 10.2. The zero-order chi connectivity index (χ0) is 17.3. The third-order valence-corrected chi connectivity index (χ3v) is 3.32. The van der Waals surface area contributed by atoms with Crippen molar-refractivity contribution >= 4 is 5.96 Å². The van der Waals surface area contributed by atoms with E-state index in [1.807, 2.05) is 36.2 Å². The zero-order valence-electron chi connectivity index (χ0n) is 13.8. The van der Waals surface area contributed by atoms with Gasteiger partial charge >= 0.3 is 6.18 Å². The predicted molar refractivity (Wildman–Crippen MR) is 85.7 cm³/mol. The Bertz CT molecular complexity index is 486. The molecule has 0 radical (unpaired) electrons. The first-order valence-corrected chi connectivity index (χ1v) is 7.47. The third-order valence-electron chi connectivity index (χ3n) is 3.32. The van der Waals surface area contributed by atoms with Gasteiger partial charge in [0, 0.05) is 33.6 Å². The molecule has 1 aromatic rings. The van der Waals surface area contributed by atoms with E-state index in [2.05, 4.69) is 10.3 Å². The third kappa shape index (κ3) is 7.76. The van der Waals surface area contributed by atoms with E-state index >= 15 is 0 Å². The van der Waals surface area contributed by atoms with E-state index in [0.717, 1.165) is 11.3 Å². The maximum atomic E-state index is 12.1. The standard InChI is InChI=1S/C16H24F3N3O/c1-20-15(21-11-5-4-10-16(17,18)19)22(2)12-13-6-8-14(23-3)9-7-13/h6-9H,4-5,10-12H2,1-3H3,(H,20,21). The highest BCUT2D eigenvalue weighted by Crippen LogP contribution is 2.21. The Kier molecular flexibility index (Phi) is 7.71. The van der Waals surface area contributed by atoms with Crippen molar-refractivity contribution in [2.24, 2.45) is 4.99 Å². The number of guanidine groups is 1. The first kappa shape index (κ1) is 19.1. The normalized spacial score (nSPS) is 12.2. The minimum Gasteiger partial charge on any atom is -0.497 e. The molecule has 0 aliphatic heterocycles. The molecule has 0 aromatic heterocycles. The molecule has 130 valence electrons. The second-order valence-electron chi connectivity index (χ2n) is 5.25. The van der Waals surface area contributed by atoms with E-state index in [1.54, 1.807) is 14.2 Å². The Morgan fingerprint density at radius 2 is 1.87 bits per heavy atom. The molecule has 0 aliphatic carbocycles. The SMILES string of the molecule is CN=C(NCCCCC(F)(F)F)N(C)Cc1ccc(OC)cc1. The van der Waals surface area contributed by atoms with Crippen molar-refractivity contribution in [2.75, 3.05) is 27.7 Å². The molecule has 7 heteroatoms. The van der Waals surface area contributed by atoms with Gasteiger partial charge in [0.05, 0.1) is 7.11 Å². The van der Waals surface area contributed by atoms with Crippen molar-refractivity contribution in [1.82, 2.24) is 10.2 Å². The summed E-state index contributed by atoms with van der Waals surface area (Å²) in [5.74, 6) is 1.46. The smallest absolute Gasteiger partial charge is 0.389 e. The molecule has 0 amide bonds. The van der Waals surface area contributed by atoms with Crippen LogP contribution >= 0.6 is 0 Å². The van der Waals surface area contributed by atoms with E-state index in [0.29, 0.717) is 25.5 Å². The van der Waals surface area contributed by atoms with Crippen molar-refractivity contribution in [3.05, 3.63) is 29.8 Å². The minimum atomic E-state index is -4.08. The van der Waals surface area contributed by atoms with E-state index < -0.39 is 12.6 Å². The summed E-state index contributed by atoms with van der Waals surface area (Å²) in [6, 6.07) is 7.70. The number of aliphatic imine (C=N–C) groups is 1. The van der Waals surface area contributed by atoms with Crippen LogP contribution in [0.2, 0.25) is 0 Å². The Hall–Kier alpha value is -1.92. The second kappa shape index (κ2) is 9.27. The van der Waals surface area contributed by atoms with Crippen molar-refractivity contribution < 1.29 is 17.9 Å². The van der Waals surface area contributed by atoms with Crippen molar-refractivity contribution in [3.63, 3.8) is 0 Å². The van der Waals surface area contributed by atoms with Gasteiger partial charge in [-0.05, 0) is 30.5 Å². The number of rotatable bonds is 7. The summed E-state index contributed by atoms with van der Waals surface area (Å²) in [7, 11) is 5.16. The van der Waals surface area contributed by atoms with Crippen LogP contribution in [0, 0.1) is 0 Å². The van der Waals surface area contributed by atoms with Crippen LogP contribution < -0.4 is 10.1 Å². The highest BCUT2D eigenvalue weighted by molar-refractivity contribution is 5.79. The van der Waals surface area contributed by atoms with E-state index in [4.69, 9.17) is 4.74 Å². The number of halogens is 3. The van der Waals surface area contributed by atoms with Crippen molar-refractivity contribution in [1.29, 1.82) is 0 Å². The van der Waals surface area contributed by atoms with Gasteiger partial charge in [0.25, 0.3) is 0 Å². The minimum absolute atomic E-state index is 0.121. The highest BCUT2D eigenvalue weighted by Gasteiger charge is 2.25. The monoisotopic (exact) mass is 331 g/mol. The number of unbranched alkanes of at least 4 members (excludes halogenated alkanes) is 1. The molecular formula is C16H24F3N3O. The van der Waals surface area contributed by atoms with Gasteiger partial charge < -0.3 is 15.0 Å². The molecule has 1 N–H and O–H groups in total. The van der Waals surface area contributed by atoms with Gasteiger partial charge in [0.2, 0.25) is 0 Å². The number of hydrogen-bond donors (Lipinski definition) is 1. The second-order valence-corrected chi connectivity index (χ2v) is 5.25. The quantitative estimate of drug-likeness (QED) is 0.472. The average Bonchev–Trinajstić information content (AvgIpc) is 2.50. The van der Waals surface area contributed by atoms with Crippen molar-refractivity contribution in [2.45, 2.75) is 32.0 Å². The fourth-order valence-electron chi connectivity index (χ4n) is 2.12. The Balaban J connectivity index is 2.38. The highest BCUT2D eigenvalue weighted by atomic mass is 19.4. The molecule has 4 nitrogen and oxygen atoms in total. The van der Waals surface area contributed by atoms with Gasteiger partial charge in [0.1, 0.15) is 5.75 Å². The van der Waals surface area contributed by atoms with E-state index in [1.165, 1.54) is 0 Å². The van der Waals surface area contributed by atoms with Gasteiger partial charge in [0.15, 0.2) is 5.96 Å². The number of nitrogens with zero attached hydrogens (tertiary/aromatic N) is 2. The molecule has 1 rings (SSSR count). The molecular weight excluding hydrogens is 307 g/mol. The maximum Gasteiger partial charge on any atom is 0.389 e. The molecule has 0 heterocycles. The number of benzene rings is 1. The number of ether oxygens (including phenoxy) is 1. The Morgan fingerprint density at radius 3 is 2.39 bits per heavy atom. The van der Waals surface area contributed by atoms with Crippen LogP contribution in [0.25, 0.3) is 0 Å². The summed E-state index contributed by atoms with van der Waals surface area (Å²) in [6.45, 7) is 1.11. The van der Waals surface area contributed by atoms with E-state index in [-0.39, 0.29) is 6.42 Å². The summed E-state index contributed by atoms with van der Waals surface area (Å²) in [6.07, 6.45) is -4.24. The summed E-state index contributed by atoms with van der Waals surface area (Å²) in [5, 5.41) is 3.08. The average molecular weight is 331 g/mol. The predicted octanol–water partition coefficient (Wildman–Crippen LogP) is 3.44. The van der Waals surface area contributed by atoms with Crippen molar-refractivity contribution in [3.8, 4) is 5.75 Å². The molecule has 0 aliphatic rings. The number of hydrogen-bond acceptors (Lipinski definition) is 2. The summed E-state index contributed by atoms with van der Waals surface area (Å²) in [5.41, 5.74) is 1.09. The number of nitrogens with one attached hydrogen (secondary N) is 1. The maximum absolute atomic E-state index is 12.1. The van der Waals surface area contributed by atoms with Crippen LogP contribution in [0.5, 0.6) is 5.75 Å². The molecule has 0 fully saturated rings. The van der Waals surface area contributed by atoms with Gasteiger partial charge in [-0.15, -0.1) is 0 Å². The molecule has 0 saturated heterocycles. The lowest BCUT2D eigenvalue weighted by Crippen LogP contribution is -2.38. The number of alkyl halides is 3. The van der Waals surface area contributed by atoms with Gasteiger partial charge in [-0.2, -0.15) is 13.2 Å².